The van der Waals surface area contributed by atoms with Crippen LogP contribution in [0, 0.1) is 11.3 Å². The van der Waals surface area contributed by atoms with Gasteiger partial charge in [-0.1, -0.05) is 22.0 Å². The minimum atomic E-state index is -0.874. The molecular weight excluding hydrogens is 370 g/mol. The van der Waals surface area contributed by atoms with Gasteiger partial charge in [-0.2, -0.15) is 10.4 Å². The SMILES string of the molecule is CC(C#N)c1cc(Br)ccc1-c1cc(C(C)(C)C(=O)CO)nn1C. The van der Waals surface area contributed by atoms with Crippen LogP contribution in [0.25, 0.3) is 11.3 Å². The quantitative estimate of drug-likeness (QED) is 0.850. The van der Waals surface area contributed by atoms with Crippen LogP contribution in [0.5, 0.6) is 0 Å². The van der Waals surface area contributed by atoms with Crippen LogP contribution in [0.3, 0.4) is 0 Å². The van der Waals surface area contributed by atoms with Gasteiger partial charge in [0.1, 0.15) is 6.61 Å². The molecule has 1 aromatic carbocycles. The Labute approximate surface area is 150 Å². The number of aliphatic hydroxyl groups excluding tert-OH is 1. The van der Waals surface area contributed by atoms with Gasteiger partial charge in [-0.15, -0.1) is 0 Å². The first-order valence-electron chi connectivity index (χ1n) is 7.60. The average molecular weight is 390 g/mol. The lowest BCUT2D eigenvalue weighted by Crippen LogP contribution is -2.32. The number of benzene rings is 1. The van der Waals surface area contributed by atoms with Crippen LogP contribution in [-0.4, -0.2) is 27.3 Å². The molecule has 1 atom stereocenters. The molecule has 0 amide bonds. The van der Waals surface area contributed by atoms with Crippen molar-refractivity contribution in [3.63, 3.8) is 0 Å². The lowest BCUT2D eigenvalue weighted by atomic mass is 9.84. The molecule has 0 saturated heterocycles. The number of carbonyl (C=O) groups is 1. The molecule has 6 heteroatoms. The summed E-state index contributed by atoms with van der Waals surface area (Å²) in [5, 5.41) is 22.9. The molecule has 1 aromatic heterocycles. The third kappa shape index (κ3) is 3.28. The number of Topliss-reactive ketones (excluding diaryl/α,β-unsaturated/α-hetero) is 1. The molecule has 2 rings (SSSR count). The van der Waals surface area contributed by atoms with Gasteiger partial charge in [-0.05, 0) is 44.5 Å². The monoisotopic (exact) mass is 389 g/mol. The Hall–Kier alpha value is -1.97. The largest absolute Gasteiger partial charge is 0.389 e. The number of hydrogen-bond acceptors (Lipinski definition) is 4. The summed E-state index contributed by atoms with van der Waals surface area (Å²) in [5.41, 5.74) is 2.35. The Morgan fingerprint density at radius 2 is 2.12 bits per heavy atom. The fourth-order valence-electron chi connectivity index (χ4n) is 2.56. The van der Waals surface area contributed by atoms with Crippen molar-refractivity contribution >= 4 is 21.7 Å². The van der Waals surface area contributed by atoms with Crippen LogP contribution in [0.1, 0.15) is 37.9 Å². The van der Waals surface area contributed by atoms with Gasteiger partial charge in [0.05, 0.1) is 28.8 Å². The first-order valence-corrected chi connectivity index (χ1v) is 8.39. The van der Waals surface area contributed by atoms with Crippen LogP contribution in [0.15, 0.2) is 28.7 Å². The van der Waals surface area contributed by atoms with Gasteiger partial charge < -0.3 is 5.11 Å². The van der Waals surface area contributed by atoms with Crippen LogP contribution in [-0.2, 0) is 17.3 Å². The van der Waals surface area contributed by atoms with Gasteiger partial charge >= 0.3 is 0 Å². The van der Waals surface area contributed by atoms with Crippen molar-refractivity contribution in [2.75, 3.05) is 6.61 Å². The number of ketones is 1. The zero-order valence-electron chi connectivity index (χ0n) is 14.2. The number of aliphatic hydroxyl groups is 1. The minimum Gasteiger partial charge on any atom is -0.389 e. The van der Waals surface area contributed by atoms with Crippen molar-refractivity contribution in [2.45, 2.75) is 32.1 Å². The highest BCUT2D eigenvalue weighted by Crippen LogP contribution is 2.34. The van der Waals surface area contributed by atoms with Crippen LogP contribution < -0.4 is 0 Å². The lowest BCUT2D eigenvalue weighted by Gasteiger charge is -2.18. The molecule has 1 N–H and O–H groups in total. The molecule has 0 aliphatic rings. The Balaban J connectivity index is 2.60. The number of carbonyl (C=O) groups excluding carboxylic acids is 1. The van der Waals surface area contributed by atoms with E-state index in [0.29, 0.717) is 5.69 Å². The first kappa shape index (κ1) is 18.4. The molecule has 0 radical (unpaired) electrons. The van der Waals surface area contributed by atoms with Crippen molar-refractivity contribution in [1.29, 1.82) is 5.26 Å². The zero-order valence-corrected chi connectivity index (χ0v) is 15.8. The summed E-state index contributed by atoms with van der Waals surface area (Å²) in [5.74, 6) is -0.559. The zero-order chi connectivity index (χ0) is 18.1. The highest BCUT2D eigenvalue weighted by atomic mass is 79.9. The predicted octanol–water partition coefficient (Wildman–Crippen LogP) is 3.32. The molecule has 0 saturated carbocycles. The highest BCUT2D eigenvalue weighted by Gasteiger charge is 2.32. The van der Waals surface area contributed by atoms with Gasteiger partial charge in [0.15, 0.2) is 5.78 Å². The van der Waals surface area contributed by atoms with Crippen LogP contribution in [0.2, 0.25) is 0 Å². The third-order valence-corrected chi connectivity index (χ3v) is 4.80. The minimum absolute atomic E-state index is 0.275. The van der Waals surface area contributed by atoms with Crippen molar-refractivity contribution in [3.8, 4) is 17.3 Å². The predicted molar refractivity (Wildman–Crippen MR) is 95.5 cm³/mol. The maximum absolute atomic E-state index is 12.0. The molecule has 0 bridgehead atoms. The van der Waals surface area contributed by atoms with E-state index in [9.17, 15) is 15.2 Å². The van der Waals surface area contributed by atoms with E-state index in [0.717, 1.165) is 21.3 Å². The van der Waals surface area contributed by atoms with E-state index in [-0.39, 0.29) is 11.7 Å². The molecule has 24 heavy (non-hydrogen) atoms. The standard InChI is InChI=1S/C18H20BrN3O2/c1-11(9-20)14-7-12(19)5-6-13(14)15-8-16(21-22(15)4)18(2,3)17(24)10-23/h5-8,11,23H,10H2,1-4H3. The smallest absolute Gasteiger partial charge is 0.169 e. The first-order chi connectivity index (χ1) is 11.2. The number of aryl methyl sites for hydroxylation is 1. The van der Waals surface area contributed by atoms with E-state index in [2.05, 4.69) is 27.1 Å². The van der Waals surface area contributed by atoms with Crippen LogP contribution in [0.4, 0.5) is 0 Å². The second-order valence-electron chi connectivity index (χ2n) is 6.33. The molecule has 0 spiro atoms. The third-order valence-electron chi connectivity index (χ3n) is 4.31. The van der Waals surface area contributed by atoms with E-state index in [4.69, 9.17) is 0 Å². The molecule has 5 nitrogen and oxygen atoms in total. The highest BCUT2D eigenvalue weighted by molar-refractivity contribution is 9.10. The van der Waals surface area contributed by atoms with Crippen molar-refractivity contribution < 1.29 is 9.90 Å². The Kier molecular flexibility index (Phi) is 5.26. The van der Waals surface area contributed by atoms with Crippen LogP contribution >= 0.6 is 15.9 Å². The van der Waals surface area contributed by atoms with Gasteiger partial charge in [-0.25, -0.2) is 0 Å². The molecule has 126 valence electrons. The van der Waals surface area contributed by atoms with Crippen molar-refractivity contribution in [1.82, 2.24) is 9.78 Å². The normalized spacial score (nSPS) is 12.7. The molecule has 1 heterocycles. The van der Waals surface area contributed by atoms with E-state index in [1.807, 2.05) is 31.2 Å². The summed E-state index contributed by atoms with van der Waals surface area (Å²) >= 11 is 3.45. The average Bonchev–Trinajstić information content (AvgIpc) is 2.95. The second-order valence-corrected chi connectivity index (χ2v) is 7.24. The second kappa shape index (κ2) is 6.88. The Morgan fingerprint density at radius 3 is 2.71 bits per heavy atom. The lowest BCUT2D eigenvalue weighted by molar-refractivity contribution is -0.126. The topological polar surface area (TPSA) is 78.9 Å². The van der Waals surface area contributed by atoms with E-state index in [1.165, 1.54) is 0 Å². The molecule has 1 unspecified atom stereocenters. The number of nitrogens with zero attached hydrogens (tertiary/aromatic N) is 3. The maximum atomic E-state index is 12.0. The summed E-state index contributed by atoms with van der Waals surface area (Å²) < 4.78 is 2.61. The molecular formula is C18H20BrN3O2. The molecule has 0 fully saturated rings. The van der Waals surface area contributed by atoms with Gasteiger partial charge in [0.2, 0.25) is 0 Å². The van der Waals surface area contributed by atoms with Gasteiger partial charge in [-0.3, -0.25) is 9.48 Å². The summed E-state index contributed by atoms with van der Waals surface area (Å²) in [6.45, 7) is 4.83. The summed E-state index contributed by atoms with van der Waals surface area (Å²) in [7, 11) is 1.81. The fraction of sp³-hybridized carbons (Fsp3) is 0.389. The summed E-state index contributed by atoms with van der Waals surface area (Å²) in [6, 6.07) is 9.90. The van der Waals surface area contributed by atoms with E-state index < -0.39 is 12.0 Å². The van der Waals surface area contributed by atoms with Gasteiger partial charge in [0, 0.05) is 17.1 Å². The number of nitriles is 1. The maximum Gasteiger partial charge on any atom is 0.169 e. The molecule has 0 aliphatic heterocycles. The van der Waals surface area contributed by atoms with E-state index in [1.54, 1.807) is 25.6 Å². The summed E-state index contributed by atoms with van der Waals surface area (Å²) in [6.07, 6.45) is 0. The Morgan fingerprint density at radius 1 is 1.46 bits per heavy atom. The van der Waals surface area contributed by atoms with Crippen molar-refractivity contribution in [3.05, 3.63) is 40.0 Å². The molecule has 2 aromatic rings. The van der Waals surface area contributed by atoms with Crippen molar-refractivity contribution in [2.24, 2.45) is 7.05 Å². The molecule has 0 aliphatic carbocycles. The fourth-order valence-corrected chi connectivity index (χ4v) is 2.94. The number of halogens is 1. The van der Waals surface area contributed by atoms with Gasteiger partial charge in [0.25, 0.3) is 0 Å². The Bertz CT molecular complexity index is 818. The number of rotatable bonds is 5. The van der Waals surface area contributed by atoms with E-state index >= 15 is 0 Å². The summed E-state index contributed by atoms with van der Waals surface area (Å²) in [4.78, 5) is 12.0. The number of aromatic nitrogens is 2. The number of hydrogen-bond donors (Lipinski definition) is 1.